The zero-order valence-electron chi connectivity index (χ0n) is 2.54. The van der Waals surface area contributed by atoms with Crippen molar-refractivity contribution in [2.75, 3.05) is 0 Å². The summed E-state index contributed by atoms with van der Waals surface area (Å²) in [5.74, 6) is 0. The van der Waals surface area contributed by atoms with E-state index in [1.165, 1.54) is 0 Å². The second-order valence-electron chi connectivity index (χ2n) is 0.600. The maximum atomic E-state index is 11.2. The molecular formula is C2Cl2FO. The largest absolute Gasteiger partial charge is 0.323 e. The van der Waals surface area contributed by atoms with Crippen molar-refractivity contribution < 1.29 is 9.18 Å². The summed E-state index contributed by atoms with van der Waals surface area (Å²) in [6.07, 6.45) is 0.718. The highest BCUT2D eigenvalue weighted by Crippen LogP contribution is 2.17. The molecule has 0 saturated carbocycles. The zero-order valence-corrected chi connectivity index (χ0v) is 4.05. The van der Waals surface area contributed by atoms with Gasteiger partial charge in [0.05, 0.1) is 0 Å². The molecule has 0 atom stereocenters. The van der Waals surface area contributed by atoms with E-state index >= 15 is 0 Å². The number of carbonyl (C=O) groups excluding carboxylic acids is 1. The standard InChI is InChI=1S/C2Cl2FO/c3-2(4,5)1-6. The molecule has 0 bridgehead atoms. The van der Waals surface area contributed by atoms with Crippen molar-refractivity contribution in [2.24, 2.45) is 0 Å². The van der Waals surface area contributed by atoms with Crippen molar-refractivity contribution in [1.82, 2.24) is 0 Å². The van der Waals surface area contributed by atoms with Gasteiger partial charge in [-0.25, -0.2) is 0 Å². The number of rotatable bonds is 1. The molecule has 1 radical (unpaired) electrons. The predicted octanol–water partition coefficient (Wildman–Crippen LogP) is 1.20. The van der Waals surface area contributed by atoms with Crippen LogP contribution in [0.1, 0.15) is 0 Å². The zero-order chi connectivity index (χ0) is 5.21. The monoisotopic (exact) mass is 129 g/mol. The third-order valence-electron chi connectivity index (χ3n) is 0.116. The van der Waals surface area contributed by atoms with Crippen LogP contribution in [0, 0.1) is 0 Å². The van der Waals surface area contributed by atoms with Crippen molar-refractivity contribution in [2.45, 2.75) is 4.59 Å². The highest BCUT2D eigenvalue weighted by atomic mass is 35.5. The summed E-state index contributed by atoms with van der Waals surface area (Å²) in [7, 11) is 0. The van der Waals surface area contributed by atoms with Crippen molar-refractivity contribution in [1.29, 1.82) is 0 Å². The maximum absolute atomic E-state index is 11.2. The summed E-state index contributed by atoms with van der Waals surface area (Å²) in [4.78, 5) is 9.06. The minimum atomic E-state index is -2.82. The number of hydrogen-bond donors (Lipinski definition) is 0. The van der Waals surface area contributed by atoms with Gasteiger partial charge in [0.15, 0.2) is 0 Å². The SMILES string of the molecule is O=[C]C(F)(Cl)Cl. The molecule has 0 aliphatic carbocycles. The average Bonchev–Trinajstić information content (AvgIpc) is 1.35. The van der Waals surface area contributed by atoms with Crippen LogP contribution in [0.5, 0.6) is 0 Å². The molecule has 0 saturated heterocycles. The Morgan fingerprint density at radius 3 is 1.83 bits per heavy atom. The van der Waals surface area contributed by atoms with Crippen molar-refractivity contribution in [3.05, 3.63) is 0 Å². The molecule has 0 fully saturated rings. The Kier molecular flexibility index (Phi) is 1.81. The molecule has 0 unspecified atom stereocenters. The highest BCUT2D eigenvalue weighted by molar-refractivity contribution is 6.54. The van der Waals surface area contributed by atoms with Crippen LogP contribution in [0.4, 0.5) is 4.39 Å². The van der Waals surface area contributed by atoms with Crippen LogP contribution in [-0.4, -0.2) is 10.9 Å². The molecular weight excluding hydrogens is 130 g/mol. The number of hydrogen-bond acceptors (Lipinski definition) is 1. The molecule has 0 aliphatic heterocycles. The van der Waals surface area contributed by atoms with Crippen molar-refractivity contribution in [3.63, 3.8) is 0 Å². The van der Waals surface area contributed by atoms with E-state index in [9.17, 15) is 4.39 Å². The van der Waals surface area contributed by atoms with Gasteiger partial charge in [-0.05, 0) is 0 Å². The molecule has 0 N–H and O–H groups in total. The molecule has 0 amide bonds. The molecule has 0 aromatic carbocycles. The van der Waals surface area contributed by atoms with Gasteiger partial charge in [-0.2, -0.15) is 4.39 Å². The Morgan fingerprint density at radius 1 is 1.67 bits per heavy atom. The average molecular weight is 130 g/mol. The Bertz CT molecular complexity index is 57.1. The Hall–Kier alpha value is 0.180. The second kappa shape index (κ2) is 1.76. The fourth-order valence-electron chi connectivity index (χ4n) is 0. The first-order valence-corrected chi connectivity index (χ1v) is 1.78. The second-order valence-corrected chi connectivity index (χ2v) is 1.83. The van der Waals surface area contributed by atoms with Crippen LogP contribution < -0.4 is 0 Å². The molecule has 0 rings (SSSR count). The predicted molar refractivity (Wildman–Crippen MR) is 21.2 cm³/mol. The molecule has 0 aromatic heterocycles. The lowest BCUT2D eigenvalue weighted by atomic mass is 10.9. The summed E-state index contributed by atoms with van der Waals surface area (Å²) in [5.41, 5.74) is 0. The summed E-state index contributed by atoms with van der Waals surface area (Å²) in [6, 6.07) is 0. The number of alkyl halides is 3. The molecule has 1 nitrogen and oxygen atoms in total. The van der Waals surface area contributed by atoms with E-state index in [-0.39, 0.29) is 0 Å². The lowest BCUT2D eigenvalue weighted by Gasteiger charge is -1.89. The van der Waals surface area contributed by atoms with Gasteiger partial charge in [0, 0.05) is 0 Å². The molecule has 0 aromatic rings. The van der Waals surface area contributed by atoms with Gasteiger partial charge in [0.25, 0.3) is 6.29 Å². The third kappa shape index (κ3) is 4.18. The van der Waals surface area contributed by atoms with E-state index in [4.69, 9.17) is 4.79 Å². The minimum absolute atomic E-state index is 0.718. The molecule has 4 heteroatoms. The van der Waals surface area contributed by atoms with E-state index in [0.717, 1.165) is 6.29 Å². The van der Waals surface area contributed by atoms with Gasteiger partial charge in [0.1, 0.15) is 0 Å². The molecule has 0 heterocycles. The third-order valence-corrected chi connectivity index (χ3v) is 0.270. The Balaban J connectivity index is 3.45. The first-order chi connectivity index (χ1) is 2.56. The Morgan fingerprint density at radius 2 is 1.83 bits per heavy atom. The van der Waals surface area contributed by atoms with Gasteiger partial charge < -0.3 is 0 Å². The van der Waals surface area contributed by atoms with Crippen LogP contribution in [0.2, 0.25) is 0 Å². The minimum Gasteiger partial charge on any atom is -0.284 e. The van der Waals surface area contributed by atoms with E-state index in [1.807, 2.05) is 0 Å². The van der Waals surface area contributed by atoms with Gasteiger partial charge in [0.2, 0.25) is 0 Å². The number of halogens is 3. The van der Waals surface area contributed by atoms with E-state index < -0.39 is 4.59 Å². The summed E-state index contributed by atoms with van der Waals surface area (Å²) >= 11 is 8.79. The van der Waals surface area contributed by atoms with E-state index in [1.54, 1.807) is 0 Å². The summed E-state index contributed by atoms with van der Waals surface area (Å²) in [5, 5.41) is 0. The molecule has 0 aliphatic rings. The van der Waals surface area contributed by atoms with Gasteiger partial charge >= 0.3 is 4.59 Å². The van der Waals surface area contributed by atoms with Crippen molar-refractivity contribution >= 4 is 29.5 Å². The van der Waals surface area contributed by atoms with Gasteiger partial charge in [-0.15, -0.1) is 0 Å². The molecule has 6 heavy (non-hydrogen) atoms. The smallest absolute Gasteiger partial charge is 0.284 e. The lowest BCUT2D eigenvalue weighted by molar-refractivity contribution is 0.446. The summed E-state index contributed by atoms with van der Waals surface area (Å²) < 4.78 is 8.41. The van der Waals surface area contributed by atoms with E-state index in [2.05, 4.69) is 23.2 Å². The normalized spacial score (nSPS) is 11.2. The van der Waals surface area contributed by atoms with Crippen LogP contribution >= 0.6 is 23.2 Å². The van der Waals surface area contributed by atoms with Gasteiger partial charge in [-0.1, -0.05) is 23.2 Å². The Labute approximate surface area is 44.0 Å². The van der Waals surface area contributed by atoms with E-state index in [0.29, 0.717) is 0 Å². The quantitative estimate of drug-likeness (QED) is 0.487. The molecule has 35 valence electrons. The van der Waals surface area contributed by atoms with Gasteiger partial charge in [-0.3, -0.25) is 4.79 Å². The van der Waals surface area contributed by atoms with Crippen LogP contribution in [0.15, 0.2) is 0 Å². The maximum Gasteiger partial charge on any atom is 0.323 e. The molecule has 0 spiro atoms. The fraction of sp³-hybridized carbons (Fsp3) is 0.500. The van der Waals surface area contributed by atoms with Crippen LogP contribution in [-0.2, 0) is 4.79 Å². The van der Waals surface area contributed by atoms with Crippen LogP contribution in [0.25, 0.3) is 0 Å². The highest BCUT2D eigenvalue weighted by Gasteiger charge is 2.20. The lowest BCUT2D eigenvalue weighted by Crippen LogP contribution is -2.02. The van der Waals surface area contributed by atoms with Crippen molar-refractivity contribution in [3.8, 4) is 0 Å². The first-order valence-electron chi connectivity index (χ1n) is 1.02. The fourth-order valence-corrected chi connectivity index (χ4v) is 0. The topological polar surface area (TPSA) is 17.1 Å². The van der Waals surface area contributed by atoms with Crippen LogP contribution in [0.3, 0.4) is 0 Å². The summed E-state index contributed by atoms with van der Waals surface area (Å²) in [6.45, 7) is 0. The first kappa shape index (κ1) is 6.18.